The lowest BCUT2D eigenvalue weighted by Crippen LogP contribution is -2.30. The summed E-state index contributed by atoms with van der Waals surface area (Å²) in [6, 6.07) is 11.7. The predicted molar refractivity (Wildman–Crippen MR) is 90.6 cm³/mol. The van der Waals surface area contributed by atoms with Gasteiger partial charge in [0.15, 0.2) is 28.9 Å². The number of aromatic hydroxyl groups is 1. The maximum Gasteiger partial charge on any atom is 0.336 e. The number of ether oxygens (including phenoxy) is 3. The van der Waals surface area contributed by atoms with Gasteiger partial charge in [0.05, 0.1) is 7.11 Å². The van der Waals surface area contributed by atoms with Gasteiger partial charge in [-0.15, -0.1) is 0 Å². The average molecular weight is 340 g/mol. The van der Waals surface area contributed by atoms with E-state index < -0.39 is 11.7 Å². The third kappa shape index (κ3) is 2.55. The quantitative estimate of drug-likeness (QED) is 0.720. The number of methoxy groups -OCH3 is 1. The van der Waals surface area contributed by atoms with Crippen molar-refractivity contribution in [3.8, 4) is 23.0 Å². The number of hydrogen-bond donors (Lipinski definition) is 1. The first-order valence-electron chi connectivity index (χ1n) is 7.84. The van der Waals surface area contributed by atoms with E-state index in [1.807, 2.05) is 13.0 Å². The lowest BCUT2D eigenvalue weighted by Gasteiger charge is -2.32. The second-order valence-electron chi connectivity index (χ2n) is 5.86. The molecule has 0 bridgehead atoms. The molecule has 1 aliphatic rings. The van der Waals surface area contributed by atoms with Crippen LogP contribution in [0.5, 0.6) is 23.0 Å². The van der Waals surface area contributed by atoms with Gasteiger partial charge < -0.3 is 23.7 Å². The zero-order valence-electron chi connectivity index (χ0n) is 13.7. The first-order chi connectivity index (χ1) is 12.1. The van der Waals surface area contributed by atoms with Crippen molar-refractivity contribution in [1.29, 1.82) is 0 Å². The van der Waals surface area contributed by atoms with E-state index in [0.29, 0.717) is 22.8 Å². The number of hydrogen-bond acceptors (Lipinski definition) is 6. The molecule has 2 heterocycles. The second kappa shape index (κ2) is 5.73. The highest BCUT2D eigenvalue weighted by molar-refractivity contribution is 5.85. The van der Waals surface area contributed by atoms with Gasteiger partial charge in [0, 0.05) is 17.0 Å². The molecule has 2 atom stereocenters. The third-order valence-corrected chi connectivity index (χ3v) is 4.22. The van der Waals surface area contributed by atoms with E-state index in [-0.39, 0.29) is 11.9 Å². The lowest BCUT2D eigenvalue weighted by atomic mass is 10.0. The molecule has 2 aromatic carbocycles. The first-order valence-corrected chi connectivity index (χ1v) is 7.84. The molecule has 0 spiro atoms. The number of benzene rings is 2. The zero-order chi connectivity index (χ0) is 17.6. The van der Waals surface area contributed by atoms with Gasteiger partial charge in [-0.05, 0) is 37.3 Å². The average Bonchev–Trinajstić information content (AvgIpc) is 2.62. The van der Waals surface area contributed by atoms with Crippen molar-refractivity contribution in [2.45, 2.75) is 19.1 Å². The van der Waals surface area contributed by atoms with Gasteiger partial charge in [0.1, 0.15) is 6.10 Å². The van der Waals surface area contributed by atoms with Crippen LogP contribution in [0.15, 0.2) is 51.7 Å². The Morgan fingerprint density at radius 3 is 2.68 bits per heavy atom. The Hall–Kier alpha value is -3.15. The van der Waals surface area contributed by atoms with Crippen molar-refractivity contribution < 1.29 is 23.7 Å². The van der Waals surface area contributed by atoms with Crippen LogP contribution in [0.25, 0.3) is 11.0 Å². The van der Waals surface area contributed by atoms with Crippen molar-refractivity contribution >= 4 is 11.0 Å². The van der Waals surface area contributed by atoms with Crippen LogP contribution in [0.1, 0.15) is 18.6 Å². The van der Waals surface area contributed by atoms with Gasteiger partial charge in [-0.25, -0.2) is 4.79 Å². The predicted octanol–water partition coefficient (Wildman–Crippen LogP) is 3.41. The van der Waals surface area contributed by atoms with Gasteiger partial charge in [0.25, 0.3) is 0 Å². The minimum atomic E-state index is -0.442. The zero-order valence-corrected chi connectivity index (χ0v) is 13.7. The van der Waals surface area contributed by atoms with E-state index >= 15 is 0 Å². The Morgan fingerprint density at radius 2 is 1.88 bits per heavy atom. The molecule has 0 radical (unpaired) electrons. The van der Waals surface area contributed by atoms with Crippen LogP contribution in [0.3, 0.4) is 0 Å². The molecule has 0 saturated heterocycles. The van der Waals surface area contributed by atoms with Crippen molar-refractivity contribution in [1.82, 2.24) is 0 Å². The van der Waals surface area contributed by atoms with Crippen LogP contribution in [-0.4, -0.2) is 18.3 Å². The fraction of sp³-hybridized carbons (Fsp3) is 0.211. The van der Waals surface area contributed by atoms with Crippen molar-refractivity contribution in [2.24, 2.45) is 0 Å². The highest BCUT2D eigenvalue weighted by Crippen LogP contribution is 2.44. The van der Waals surface area contributed by atoms with Crippen LogP contribution in [-0.2, 0) is 0 Å². The summed E-state index contributed by atoms with van der Waals surface area (Å²) in [6.07, 6.45) is -0.729. The summed E-state index contributed by atoms with van der Waals surface area (Å²) >= 11 is 0. The maximum atomic E-state index is 11.5. The van der Waals surface area contributed by atoms with Gasteiger partial charge in [-0.2, -0.15) is 0 Å². The smallest absolute Gasteiger partial charge is 0.336 e. The Labute approximate surface area is 143 Å². The van der Waals surface area contributed by atoms with Crippen molar-refractivity contribution in [3.63, 3.8) is 0 Å². The Morgan fingerprint density at radius 1 is 1.08 bits per heavy atom. The van der Waals surface area contributed by atoms with Gasteiger partial charge in [-0.3, -0.25) is 0 Å². The Bertz CT molecular complexity index is 1010. The number of phenols is 1. The Kier molecular flexibility index (Phi) is 3.53. The molecule has 0 amide bonds. The van der Waals surface area contributed by atoms with E-state index in [2.05, 4.69) is 0 Å². The van der Waals surface area contributed by atoms with E-state index in [1.165, 1.54) is 13.2 Å². The number of rotatable bonds is 2. The number of phenolic OH excluding ortho intramolecular Hbond substituents is 1. The lowest BCUT2D eigenvalue weighted by molar-refractivity contribution is 0.0310. The summed E-state index contributed by atoms with van der Waals surface area (Å²) in [7, 11) is 1.49. The molecule has 25 heavy (non-hydrogen) atoms. The normalized spacial score (nSPS) is 19.0. The molecule has 0 unspecified atom stereocenters. The van der Waals surface area contributed by atoms with Crippen LogP contribution < -0.4 is 19.8 Å². The number of fused-ring (bicyclic) bond motifs is 3. The molecular weight excluding hydrogens is 324 g/mol. The molecule has 128 valence electrons. The molecule has 1 aromatic heterocycles. The van der Waals surface area contributed by atoms with E-state index in [0.717, 1.165) is 10.9 Å². The molecule has 1 N–H and O–H groups in total. The summed E-state index contributed by atoms with van der Waals surface area (Å²) in [4.78, 5) is 11.5. The van der Waals surface area contributed by atoms with Crippen LogP contribution >= 0.6 is 0 Å². The molecule has 0 fully saturated rings. The summed E-state index contributed by atoms with van der Waals surface area (Å²) < 4.78 is 22.5. The molecule has 1 aliphatic heterocycles. The van der Waals surface area contributed by atoms with Crippen molar-refractivity contribution in [2.75, 3.05) is 7.11 Å². The van der Waals surface area contributed by atoms with E-state index in [1.54, 1.807) is 30.3 Å². The highest BCUT2D eigenvalue weighted by atomic mass is 16.6. The van der Waals surface area contributed by atoms with Gasteiger partial charge in [0.2, 0.25) is 5.75 Å². The summed E-state index contributed by atoms with van der Waals surface area (Å²) in [5.41, 5.74) is 0.739. The van der Waals surface area contributed by atoms with Crippen LogP contribution in [0, 0.1) is 0 Å². The third-order valence-electron chi connectivity index (χ3n) is 4.22. The fourth-order valence-electron chi connectivity index (χ4n) is 2.98. The first kappa shape index (κ1) is 15.4. The van der Waals surface area contributed by atoms with Crippen LogP contribution in [0.4, 0.5) is 0 Å². The Balaban J connectivity index is 1.78. The molecule has 6 nitrogen and oxygen atoms in total. The monoisotopic (exact) mass is 340 g/mol. The molecule has 6 heteroatoms. The topological polar surface area (TPSA) is 78.1 Å². The summed E-state index contributed by atoms with van der Waals surface area (Å²) in [5, 5.41) is 10.5. The molecule has 4 rings (SSSR count). The SMILES string of the molecule is COc1cc([C@H]2Oc3ccc4ccc(=O)oc4c3O[C@@H]2C)ccc1O. The van der Waals surface area contributed by atoms with Gasteiger partial charge in [-0.1, -0.05) is 6.07 Å². The minimum absolute atomic E-state index is 0.0591. The molecule has 0 aliphatic carbocycles. The molecule has 0 saturated carbocycles. The molecular formula is C19H16O6. The van der Waals surface area contributed by atoms with E-state index in [9.17, 15) is 9.90 Å². The largest absolute Gasteiger partial charge is 0.504 e. The summed E-state index contributed by atoms with van der Waals surface area (Å²) in [5.74, 6) is 1.34. The van der Waals surface area contributed by atoms with Crippen molar-refractivity contribution in [3.05, 3.63) is 58.4 Å². The fourth-order valence-corrected chi connectivity index (χ4v) is 2.98. The van der Waals surface area contributed by atoms with Crippen LogP contribution in [0.2, 0.25) is 0 Å². The van der Waals surface area contributed by atoms with Gasteiger partial charge >= 0.3 is 5.63 Å². The highest BCUT2D eigenvalue weighted by Gasteiger charge is 2.32. The standard InChI is InChI=1S/C19H16O6/c1-10-17(12-3-6-13(20)15(9-12)22-2)24-14-7-4-11-5-8-16(21)25-18(11)19(14)23-10/h3-10,17,20H,1-2H3/t10-,17+/m1/s1. The minimum Gasteiger partial charge on any atom is -0.504 e. The summed E-state index contributed by atoms with van der Waals surface area (Å²) in [6.45, 7) is 1.87. The maximum absolute atomic E-state index is 11.5. The second-order valence-corrected chi connectivity index (χ2v) is 5.86. The van der Waals surface area contributed by atoms with E-state index in [4.69, 9.17) is 18.6 Å². The molecule has 3 aromatic rings.